The van der Waals surface area contributed by atoms with Gasteiger partial charge in [0.1, 0.15) is 5.75 Å². The highest BCUT2D eigenvalue weighted by Crippen LogP contribution is 2.23. The first kappa shape index (κ1) is 10.4. The van der Waals surface area contributed by atoms with E-state index in [0.29, 0.717) is 6.61 Å². The van der Waals surface area contributed by atoms with Crippen molar-refractivity contribution in [2.45, 2.75) is 13.3 Å². The Hall–Kier alpha value is -1.71. The maximum Gasteiger partial charge on any atom is 0.190 e. The van der Waals surface area contributed by atoms with Crippen molar-refractivity contribution in [2.24, 2.45) is 5.73 Å². The van der Waals surface area contributed by atoms with Gasteiger partial charge in [0.15, 0.2) is 5.96 Å². The first-order valence-electron chi connectivity index (χ1n) is 4.57. The second-order valence-electron chi connectivity index (χ2n) is 2.88. The summed E-state index contributed by atoms with van der Waals surface area (Å²) in [5.74, 6) is 0.641. The molecule has 0 heterocycles. The largest absolute Gasteiger partial charge is 0.491 e. The standard InChI is InChI=1S/C10H15N3O/c1-2-7-14-9-6-4-3-5-8(9)13-10(11)12/h3-6H,2,7H2,1H3,(H4,11,12,13). The van der Waals surface area contributed by atoms with Crippen LogP contribution < -0.4 is 15.8 Å². The molecule has 0 spiro atoms. The second kappa shape index (κ2) is 5.11. The number of hydrogen-bond acceptors (Lipinski definition) is 2. The van der Waals surface area contributed by atoms with Crippen LogP contribution in [0.15, 0.2) is 24.3 Å². The summed E-state index contributed by atoms with van der Waals surface area (Å²) in [6.45, 7) is 2.71. The van der Waals surface area contributed by atoms with Gasteiger partial charge in [-0.05, 0) is 18.6 Å². The summed E-state index contributed by atoms with van der Waals surface area (Å²) in [5, 5.41) is 9.83. The molecule has 76 valence electrons. The van der Waals surface area contributed by atoms with Gasteiger partial charge < -0.3 is 15.8 Å². The number of para-hydroxylation sites is 2. The van der Waals surface area contributed by atoms with E-state index >= 15 is 0 Å². The molecule has 0 bridgehead atoms. The van der Waals surface area contributed by atoms with Crippen molar-refractivity contribution in [1.29, 1.82) is 5.41 Å². The Bertz CT molecular complexity index is 312. The van der Waals surface area contributed by atoms with E-state index in [0.717, 1.165) is 17.9 Å². The van der Waals surface area contributed by atoms with E-state index in [9.17, 15) is 0 Å². The predicted octanol–water partition coefficient (Wildman–Crippen LogP) is 1.78. The third kappa shape index (κ3) is 2.97. The molecule has 0 aromatic heterocycles. The first-order valence-corrected chi connectivity index (χ1v) is 4.57. The van der Waals surface area contributed by atoms with Crippen LogP contribution >= 0.6 is 0 Å². The zero-order valence-electron chi connectivity index (χ0n) is 8.21. The summed E-state index contributed by atoms with van der Waals surface area (Å²) in [6, 6.07) is 7.42. The van der Waals surface area contributed by atoms with Crippen molar-refractivity contribution >= 4 is 11.6 Å². The minimum absolute atomic E-state index is 0.0856. The third-order valence-electron chi connectivity index (χ3n) is 1.62. The lowest BCUT2D eigenvalue weighted by Gasteiger charge is -2.11. The van der Waals surface area contributed by atoms with Gasteiger partial charge in [-0.25, -0.2) is 0 Å². The Balaban J connectivity index is 2.74. The van der Waals surface area contributed by atoms with Gasteiger partial charge in [0.25, 0.3) is 0 Å². The Morgan fingerprint density at radius 1 is 1.50 bits per heavy atom. The van der Waals surface area contributed by atoms with Crippen LogP contribution in [0.3, 0.4) is 0 Å². The van der Waals surface area contributed by atoms with E-state index < -0.39 is 0 Å². The molecule has 0 aliphatic carbocycles. The van der Waals surface area contributed by atoms with Crippen molar-refractivity contribution in [3.63, 3.8) is 0 Å². The predicted molar refractivity (Wildman–Crippen MR) is 57.8 cm³/mol. The van der Waals surface area contributed by atoms with Crippen LogP contribution in [0.4, 0.5) is 5.69 Å². The average Bonchev–Trinajstić information content (AvgIpc) is 2.16. The van der Waals surface area contributed by atoms with Crippen LogP contribution in [0.25, 0.3) is 0 Å². The quantitative estimate of drug-likeness (QED) is 0.504. The number of nitrogens with two attached hydrogens (primary N) is 1. The van der Waals surface area contributed by atoms with Gasteiger partial charge >= 0.3 is 0 Å². The summed E-state index contributed by atoms with van der Waals surface area (Å²) in [4.78, 5) is 0. The van der Waals surface area contributed by atoms with Crippen molar-refractivity contribution < 1.29 is 4.74 Å². The summed E-state index contributed by atoms with van der Waals surface area (Å²) in [6.07, 6.45) is 0.953. The summed E-state index contributed by atoms with van der Waals surface area (Å²) < 4.78 is 5.47. The fraction of sp³-hybridized carbons (Fsp3) is 0.300. The molecule has 0 atom stereocenters. The highest BCUT2D eigenvalue weighted by atomic mass is 16.5. The molecule has 14 heavy (non-hydrogen) atoms. The minimum atomic E-state index is -0.0856. The number of hydrogen-bond donors (Lipinski definition) is 3. The molecular formula is C10H15N3O. The van der Waals surface area contributed by atoms with Gasteiger partial charge in [-0.1, -0.05) is 19.1 Å². The van der Waals surface area contributed by atoms with Crippen LogP contribution in [-0.4, -0.2) is 12.6 Å². The van der Waals surface area contributed by atoms with E-state index in [-0.39, 0.29) is 5.96 Å². The molecule has 1 aromatic carbocycles. The molecule has 0 fully saturated rings. The van der Waals surface area contributed by atoms with Gasteiger partial charge in [-0.3, -0.25) is 5.41 Å². The number of guanidine groups is 1. The van der Waals surface area contributed by atoms with Crippen molar-refractivity contribution in [3.8, 4) is 5.75 Å². The molecule has 0 saturated heterocycles. The SMILES string of the molecule is CCCOc1ccccc1NC(=N)N. The smallest absolute Gasteiger partial charge is 0.190 e. The number of nitrogens with one attached hydrogen (secondary N) is 2. The Labute approximate surface area is 83.6 Å². The molecule has 0 radical (unpaired) electrons. The molecule has 4 nitrogen and oxygen atoms in total. The Kier molecular flexibility index (Phi) is 3.79. The van der Waals surface area contributed by atoms with Gasteiger partial charge in [0.05, 0.1) is 12.3 Å². The summed E-state index contributed by atoms with van der Waals surface area (Å²) in [7, 11) is 0. The van der Waals surface area contributed by atoms with E-state index in [2.05, 4.69) is 5.32 Å². The number of anilines is 1. The number of rotatable bonds is 4. The molecule has 0 unspecified atom stereocenters. The molecule has 1 rings (SSSR count). The zero-order chi connectivity index (χ0) is 10.4. The van der Waals surface area contributed by atoms with Gasteiger partial charge in [0.2, 0.25) is 0 Å². The molecule has 0 amide bonds. The minimum Gasteiger partial charge on any atom is -0.491 e. The molecule has 0 saturated carbocycles. The molecule has 4 N–H and O–H groups in total. The fourth-order valence-corrected chi connectivity index (χ4v) is 1.05. The van der Waals surface area contributed by atoms with Crippen LogP contribution in [0.5, 0.6) is 5.75 Å². The van der Waals surface area contributed by atoms with E-state index in [1.54, 1.807) is 0 Å². The average molecular weight is 193 g/mol. The van der Waals surface area contributed by atoms with E-state index in [1.165, 1.54) is 0 Å². The lowest BCUT2D eigenvalue weighted by molar-refractivity contribution is 0.319. The lowest BCUT2D eigenvalue weighted by atomic mass is 10.3. The zero-order valence-corrected chi connectivity index (χ0v) is 8.21. The fourth-order valence-electron chi connectivity index (χ4n) is 1.05. The molecule has 1 aromatic rings. The second-order valence-corrected chi connectivity index (χ2v) is 2.88. The van der Waals surface area contributed by atoms with E-state index in [1.807, 2.05) is 31.2 Å². The highest BCUT2D eigenvalue weighted by molar-refractivity contribution is 5.91. The van der Waals surface area contributed by atoms with Crippen molar-refractivity contribution in [2.75, 3.05) is 11.9 Å². The molecular weight excluding hydrogens is 178 g/mol. The molecule has 4 heteroatoms. The summed E-state index contributed by atoms with van der Waals surface area (Å²) in [5.41, 5.74) is 5.97. The Morgan fingerprint density at radius 3 is 2.86 bits per heavy atom. The maximum absolute atomic E-state index is 7.12. The van der Waals surface area contributed by atoms with Crippen LogP contribution in [-0.2, 0) is 0 Å². The number of ether oxygens (including phenoxy) is 1. The van der Waals surface area contributed by atoms with Gasteiger partial charge in [0, 0.05) is 0 Å². The van der Waals surface area contributed by atoms with Gasteiger partial charge in [-0.2, -0.15) is 0 Å². The van der Waals surface area contributed by atoms with Crippen molar-refractivity contribution in [1.82, 2.24) is 0 Å². The van der Waals surface area contributed by atoms with Crippen LogP contribution in [0.2, 0.25) is 0 Å². The van der Waals surface area contributed by atoms with Gasteiger partial charge in [-0.15, -0.1) is 0 Å². The van der Waals surface area contributed by atoms with Crippen molar-refractivity contribution in [3.05, 3.63) is 24.3 Å². The third-order valence-corrected chi connectivity index (χ3v) is 1.62. The normalized spacial score (nSPS) is 9.50. The van der Waals surface area contributed by atoms with Crippen LogP contribution in [0, 0.1) is 5.41 Å². The topological polar surface area (TPSA) is 71.1 Å². The molecule has 0 aliphatic heterocycles. The highest BCUT2D eigenvalue weighted by Gasteiger charge is 2.01. The van der Waals surface area contributed by atoms with Crippen LogP contribution in [0.1, 0.15) is 13.3 Å². The van der Waals surface area contributed by atoms with E-state index in [4.69, 9.17) is 15.9 Å². The summed E-state index contributed by atoms with van der Waals surface area (Å²) >= 11 is 0. The molecule has 0 aliphatic rings. The Morgan fingerprint density at radius 2 is 2.21 bits per heavy atom. The monoisotopic (exact) mass is 193 g/mol. The first-order chi connectivity index (χ1) is 6.74. The lowest BCUT2D eigenvalue weighted by Crippen LogP contribution is -2.20. The number of benzene rings is 1. The maximum atomic E-state index is 7.12.